The molecule has 2 fully saturated rings. The molecule has 3 heterocycles. The van der Waals surface area contributed by atoms with E-state index in [1.54, 1.807) is 18.5 Å². The molecule has 7 nitrogen and oxygen atoms in total. The molecule has 0 saturated carbocycles. The molecule has 0 spiro atoms. The van der Waals surface area contributed by atoms with Crippen molar-refractivity contribution in [2.75, 3.05) is 51.4 Å². The van der Waals surface area contributed by atoms with Crippen LogP contribution < -0.4 is 5.32 Å². The Labute approximate surface area is 147 Å². The van der Waals surface area contributed by atoms with E-state index in [-0.39, 0.29) is 11.3 Å². The van der Waals surface area contributed by atoms with Gasteiger partial charge in [-0.25, -0.2) is 9.97 Å². The maximum Gasteiger partial charge on any atom is 0.137 e. The Kier molecular flexibility index (Phi) is 4.70. The predicted molar refractivity (Wildman–Crippen MR) is 94.9 cm³/mol. The highest BCUT2D eigenvalue weighted by Gasteiger charge is 2.39. The Hall–Kier alpha value is -1.96. The van der Waals surface area contributed by atoms with Gasteiger partial charge in [0.25, 0.3) is 0 Å². The number of morpholine rings is 1. The van der Waals surface area contributed by atoms with E-state index in [4.69, 9.17) is 9.47 Å². The first-order valence-electron chi connectivity index (χ1n) is 8.85. The number of fused-ring (bicyclic) bond motifs is 1. The first kappa shape index (κ1) is 16.5. The molecule has 2 aromatic rings. The smallest absolute Gasteiger partial charge is 0.137 e. The third kappa shape index (κ3) is 3.40. The lowest BCUT2D eigenvalue weighted by Gasteiger charge is -2.48. The number of aromatic hydroxyl groups is 1. The summed E-state index contributed by atoms with van der Waals surface area (Å²) in [6.07, 6.45) is 3.55. The summed E-state index contributed by atoms with van der Waals surface area (Å²) >= 11 is 0. The van der Waals surface area contributed by atoms with Crippen molar-refractivity contribution in [3.8, 4) is 5.75 Å². The number of rotatable bonds is 4. The van der Waals surface area contributed by atoms with Gasteiger partial charge in [-0.2, -0.15) is 0 Å². The van der Waals surface area contributed by atoms with Crippen LogP contribution in [-0.4, -0.2) is 71.6 Å². The molecule has 0 bridgehead atoms. The number of ether oxygens (including phenoxy) is 2. The molecule has 134 valence electrons. The van der Waals surface area contributed by atoms with Gasteiger partial charge < -0.3 is 19.9 Å². The molecule has 1 aromatic carbocycles. The average Bonchev–Trinajstić information content (AvgIpc) is 2.68. The van der Waals surface area contributed by atoms with Crippen LogP contribution in [0.1, 0.15) is 12.8 Å². The van der Waals surface area contributed by atoms with Crippen LogP contribution in [0.3, 0.4) is 0 Å². The molecule has 0 unspecified atom stereocenters. The summed E-state index contributed by atoms with van der Waals surface area (Å²) in [7, 11) is 0. The molecule has 0 aliphatic carbocycles. The molecule has 2 aliphatic heterocycles. The summed E-state index contributed by atoms with van der Waals surface area (Å²) < 4.78 is 11.1. The van der Waals surface area contributed by atoms with Gasteiger partial charge in [0.15, 0.2) is 0 Å². The van der Waals surface area contributed by atoms with Crippen LogP contribution >= 0.6 is 0 Å². The highest BCUT2D eigenvalue weighted by molar-refractivity contribution is 5.89. The number of aromatic nitrogens is 2. The van der Waals surface area contributed by atoms with E-state index in [0.717, 1.165) is 75.6 Å². The fourth-order valence-electron chi connectivity index (χ4n) is 3.83. The van der Waals surface area contributed by atoms with Crippen molar-refractivity contribution in [3.63, 3.8) is 0 Å². The Morgan fingerprint density at radius 2 is 1.84 bits per heavy atom. The van der Waals surface area contributed by atoms with E-state index in [2.05, 4.69) is 20.2 Å². The van der Waals surface area contributed by atoms with Crippen LogP contribution in [0.2, 0.25) is 0 Å². The predicted octanol–water partition coefficient (Wildman–Crippen LogP) is 1.63. The van der Waals surface area contributed by atoms with Crippen molar-refractivity contribution in [3.05, 3.63) is 24.5 Å². The molecule has 1 aromatic heterocycles. The van der Waals surface area contributed by atoms with E-state index in [1.165, 1.54) is 0 Å². The molecular weight excluding hydrogens is 320 g/mol. The number of anilines is 1. The Morgan fingerprint density at radius 3 is 2.64 bits per heavy atom. The second kappa shape index (κ2) is 7.11. The van der Waals surface area contributed by atoms with Crippen molar-refractivity contribution in [2.24, 2.45) is 0 Å². The van der Waals surface area contributed by atoms with E-state index in [0.29, 0.717) is 0 Å². The zero-order chi connectivity index (χ0) is 17.1. The molecule has 2 saturated heterocycles. The maximum absolute atomic E-state index is 9.80. The minimum absolute atomic E-state index is 0.0517. The topological polar surface area (TPSA) is 79.7 Å². The molecule has 2 N–H and O–H groups in total. The third-order valence-corrected chi connectivity index (χ3v) is 5.31. The first-order valence-corrected chi connectivity index (χ1v) is 8.85. The molecule has 0 atom stereocenters. The summed E-state index contributed by atoms with van der Waals surface area (Å²) in [5.41, 5.74) is 0.874. The average molecular weight is 344 g/mol. The molecule has 0 radical (unpaired) electrons. The highest BCUT2D eigenvalue weighted by atomic mass is 16.5. The highest BCUT2D eigenvalue weighted by Crippen LogP contribution is 2.30. The standard InChI is InChI=1S/C18H24N4O3/c23-14-1-2-16-15(11-14)17(21-13-20-16)19-12-18(3-7-24-8-4-18)22-5-9-25-10-6-22/h1-2,11,13,23H,3-10,12H2,(H,19,20,21). The number of hydrogen-bond donors (Lipinski definition) is 2. The van der Waals surface area contributed by atoms with Crippen molar-refractivity contribution < 1.29 is 14.6 Å². The lowest BCUT2D eigenvalue weighted by Crippen LogP contribution is -2.59. The van der Waals surface area contributed by atoms with Crippen molar-refractivity contribution in [1.82, 2.24) is 14.9 Å². The minimum Gasteiger partial charge on any atom is -0.508 e. The number of nitrogens with zero attached hydrogens (tertiary/aromatic N) is 3. The van der Waals surface area contributed by atoms with E-state index in [1.807, 2.05) is 6.07 Å². The Morgan fingerprint density at radius 1 is 1.08 bits per heavy atom. The summed E-state index contributed by atoms with van der Waals surface area (Å²) in [4.78, 5) is 11.2. The maximum atomic E-state index is 9.80. The van der Waals surface area contributed by atoms with Crippen LogP contribution in [0, 0.1) is 0 Å². The number of phenols is 1. The summed E-state index contributed by atoms with van der Waals surface area (Å²) in [5.74, 6) is 0.985. The number of nitrogens with one attached hydrogen (secondary N) is 1. The fourth-order valence-corrected chi connectivity index (χ4v) is 3.83. The van der Waals surface area contributed by atoms with E-state index < -0.39 is 0 Å². The van der Waals surface area contributed by atoms with Gasteiger partial charge in [-0.05, 0) is 31.0 Å². The first-order chi connectivity index (χ1) is 12.3. The molecule has 25 heavy (non-hydrogen) atoms. The van der Waals surface area contributed by atoms with E-state index in [9.17, 15) is 5.11 Å². The van der Waals surface area contributed by atoms with Gasteiger partial charge in [0.05, 0.1) is 18.7 Å². The van der Waals surface area contributed by atoms with Gasteiger partial charge in [0, 0.05) is 43.8 Å². The number of benzene rings is 1. The molecule has 0 amide bonds. The number of hydrogen-bond acceptors (Lipinski definition) is 7. The largest absolute Gasteiger partial charge is 0.508 e. The number of phenolic OH excluding ortho intramolecular Hbond substituents is 1. The fraction of sp³-hybridized carbons (Fsp3) is 0.556. The van der Waals surface area contributed by atoms with Gasteiger partial charge >= 0.3 is 0 Å². The van der Waals surface area contributed by atoms with Gasteiger partial charge in [0.1, 0.15) is 17.9 Å². The van der Waals surface area contributed by atoms with Gasteiger partial charge in [-0.15, -0.1) is 0 Å². The van der Waals surface area contributed by atoms with Crippen molar-refractivity contribution in [1.29, 1.82) is 0 Å². The Balaban J connectivity index is 1.58. The zero-order valence-corrected chi connectivity index (χ0v) is 14.3. The minimum atomic E-state index is 0.0517. The lowest BCUT2D eigenvalue weighted by molar-refractivity contribution is -0.0653. The quantitative estimate of drug-likeness (QED) is 0.872. The zero-order valence-electron chi connectivity index (χ0n) is 14.3. The van der Waals surface area contributed by atoms with Crippen molar-refractivity contribution in [2.45, 2.75) is 18.4 Å². The van der Waals surface area contributed by atoms with Crippen LogP contribution in [0.25, 0.3) is 10.9 Å². The Bertz CT molecular complexity index is 727. The van der Waals surface area contributed by atoms with Gasteiger partial charge in [0.2, 0.25) is 0 Å². The van der Waals surface area contributed by atoms with Crippen LogP contribution in [0.5, 0.6) is 5.75 Å². The lowest BCUT2D eigenvalue weighted by atomic mass is 9.87. The second-order valence-corrected chi connectivity index (χ2v) is 6.71. The SMILES string of the molecule is Oc1ccc2ncnc(NCC3(N4CCOCC4)CCOCC3)c2c1. The summed E-state index contributed by atoms with van der Waals surface area (Å²) in [6, 6.07) is 5.17. The second-order valence-electron chi connectivity index (χ2n) is 6.71. The molecule has 7 heteroatoms. The van der Waals surface area contributed by atoms with Gasteiger partial charge in [-0.1, -0.05) is 0 Å². The molecular formula is C18H24N4O3. The van der Waals surface area contributed by atoms with Gasteiger partial charge in [-0.3, -0.25) is 4.90 Å². The molecule has 2 aliphatic rings. The van der Waals surface area contributed by atoms with Crippen molar-refractivity contribution >= 4 is 16.7 Å². The monoisotopic (exact) mass is 344 g/mol. The normalized spacial score (nSPS) is 21.3. The molecule has 4 rings (SSSR count). The van der Waals surface area contributed by atoms with E-state index >= 15 is 0 Å². The summed E-state index contributed by atoms with van der Waals surface area (Å²) in [5, 5.41) is 14.2. The summed E-state index contributed by atoms with van der Waals surface area (Å²) in [6.45, 7) is 5.83. The van der Waals surface area contributed by atoms with Crippen LogP contribution in [0.4, 0.5) is 5.82 Å². The van der Waals surface area contributed by atoms with Crippen LogP contribution in [-0.2, 0) is 9.47 Å². The van der Waals surface area contributed by atoms with Crippen LogP contribution in [0.15, 0.2) is 24.5 Å². The third-order valence-electron chi connectivity index (χ3n) is 5.31.